The van der Waals surface area contributed by atoms with E-state index in [4.69, 9.17) is 0 Å². The second-order valence-electron chi connectivity index (χ2n) is 5.71. The normalized spacial score (nSPS) is 11.9. The van der Waals surface area contributed by atoms with Gasteiger partial charge in [0.2, 0.25) is 5.91 Å². The fourth-order valence-electron chi connectivity index (χ4n) is 2.22. The number of carbonyl (C=O) groups excluding carboxylic acids is 1. The van der Waals surface area contributed by atoms with Crippen LogP contribution in [-0.4, -0.2) is 23.5 Å². The van der Waals surface area contributed by atoms with Crippen molar-refractivity contribution in [3.8, 4) is 0 Å². The average Bonchev–Trinajstić information content (AvgIpc) is 2.61. The summed E-state index contributed by atoms with van der Waals surface area (Å²) in [5, 5.41) is 3.02. The van der Waals surface area contributed by atoms with E-state index >= 15 is 0 Å². The zero-order valence-corrected chi connectivity index (χ0v) is 16.0. The fraction of sp³-hybridized carbons (Fsp3) is 0.350. The summed E-state index contributed by atoms with van der Waals surface area (Å²) >= 11 is 3.54. The number of aryl methyl sites for hydroxylation is 1. The quantitative estimate of drug-likeness (QED) is 0.660. The standard InChI is InChI=1S/C20H25NOS2/c1-16-8-6-7-11-19(16)15-23-13-12-21-20(22)17(2)24-14-18-9-4-3-5-10-18/h3-11,17H,12-15H2,1-2H3,(H,21,22). The largest absolute Gasteiger partial charge is 0.354 e. The van der Waals surface area contributed by atoms with Crippen molar-refractivity contribution in [3.63, 3.8) is 0 Å². The fourth-order valence-corrected chi connectivity index (χ4v) is 4.02. The van der Waals surface area contributed by atoms with Crippen molar-refractivity contribution in [3.05, 3.63) is 71.3 Å². The number of amides is 1. The summed E-state index contributed by atoms with van der Waals surface area (Å²) in [4.78, 5) is 12.1. The molecule has 4 heteroatoms. The van der Waals surface area contributed by atoms with Crippen LogP contribution in [0.5, 0.6) is 0 Å². The molecule has 2 aromatic carbocycles. The minimum absolute atomic E-state index is 0.0217. The van der Waals surface area contributed by atoms with E-state index < -0.39 is 0 Å². The predicted octanol–water partition coefficient (Wildman–Crippen LogP) is 4.67. The van der Waals surface area contributed by atoms with Crippen molar-refractivity contribution in [1.29, 1.82) is 0 Å². The third-order valence-corrected chi connectivity index (χ3v) is 6.00. The van der Waals surface area contributed by atoms with Gasteiger partial charge in [-0.2, -0.15) is 11.8 Å². The number of hydrogen-bond donors (Lipinski definition) is 1. The Morgan fingerprint density at radius 1 is 1.04 bits per heavy atom. The lowest BCUT2D eigenvalue weighted by atomic mass is 10.1. The van der Waals surface area contributed by atoms with Gasteiger partial charge >= 0.3 is 0 Å². The molecule has 1 N–H and O–H groups in total. The number of hydrogen-bond acceptors (Lipinski definition) is 3. The second kappa shape index (κ2) is 10.5. The van der Waals surface area contributed by atoms with Crippen molar-refractivity contribution in [2.45, 2.75) is 30.6 Å². The molecule has 0 saturated heterocycles. The van der Waals surface area contributed by atoms with Gasteiger partial charge in [-0.25, -0.2) is 0 Å². The van der Waals surface area contributed by atoms with Gasteiger partial charge in [-0.15, -0.1) is 11.8 Å². The lowest BCUT2D eigenvalue weighted by Crippen LogP contribution is -2.32. The van der Waals surface area contributed by atoms with Crippen LogP contribution in [0.4, 0.5) is 0 Å². The smallest absolute Gasteiger partial charge is 0.232 e. The molecule has 24 heavy (non-hydrogen) atoms. The van der Waals surface area contributed by atoms with Crippen LogP contribution in [0.1, 0.15) is 23.6 Å². The lowest BCUT2D eigenvalue weighted by molar-refractivity contribution is -0.120. The predicted molar refractivity (Wildman–Crippen MR) is 108 cm³/mol. The molecule has 1 unspecified atom stereocenters. The monoisotopic (exact) mass is 359 g/mol. The van der Waals surface area contributed by atoms with Gasteiger partial charge < -0.3 is 5.32 Å². The molecule has 0 aliphatic carbocycles. The topological polar surface area (TPSA) is 29.1 Å². The summed E-state index contributed by atoms with van der Waals surface area (Å²) in [6.07, 6.45) is 0. The van der Waals surface area contributed by atoms with E-state index in [0.717, 1.165) is 23.8 Å². The highest BCUT2D eigenvalue weighted by atomic mass is 32.2. The Hall–Kier alpha value is -1.39. The molecule has 2 rings (SSSR count). The highest BCUT2D eigenvalue weighted by Gasteiger charge is 2.12. The van der Waals surface area contributed by atoms with E-state index in [0.29, 0.717) is 0 Å². The molecule has 0 aliphatic heterocycles. The minimum atomic E-state index is -0.0217. The van der Waals surface area contributed by atoms with Crippen molar-refractivity contribution in [2.75, 3.05) is 12.3 Å². The van der Waals surface area contributed by atoms with Crippen molar-refractivity contribution in [1.82, 2.24) is 5.32 Å². The molecule has 0 saturated carbocycles. The summed E-state index contributed by atoms with van der Waals surface area (Å²) in [6, 6.07) is 18.7. The van der Waals surface area contributed by atoms with Crippen LogP contribution in [0.25, 0.3) is 0 Å². The summed E-state index contributed by atoms with van der Waals surface area (Å²) in [5.74, 6) is 2.95. The van der Waals surface area contributed by atoms with Crippen molar-refractivity contribution in [2.24, 2.45) is 0 Å². The van der Waals surface area contributed by atoms with Gasteiger partial charge in [0.05, 0.1) is 5.25 Å². The molecule has 0 aromatic heterocycles. The van der Waals surface area contributed by atoms with Crippen LogP contribution < -0.4 is 5.32 Å². The third-order valence-electron chi connectivity index (χ3n) is 3.78. The average molecular weight is 360 g/mol. The molecule has 0 aliphatic rings. The number of carbonyl (C=O) groups is 1. The van der Waals surface area contributed by atoms with Gasteiger partial charge in [-0.05, 0) is 30.5 Å². The third kappa shape index (κ3) is 6.62. The molecule has 0 heterocycles. The number of benzene rings is 2. The van der Waals surface area contributed by atoms with E-state index in [1.165, 1.54) is 16.7 Å². The van der Waals surface area contributed by atoms with Gasteiger partial charge in [-0.3, -0.25) is 4.79 Å². The van der Waals surface area contributed by atoms with E-state index in [2.05, 4.69) is 48.6 Å². The van der Waals surface area contributed by atoms with Crippen LogP contribution in [0.3, 0.4) is 0 Å². The second-order valence-corrected chi connectivity index (χ2v) is 8.14. The Morgan fingerprint density at radius 3 is 2.50 bits per heavy atom. The van der Waals surface area contributed by atoms with E-state index in [9.17, 15) is 4.79 Å². The Labute approximate surface area is 153 Å². The zero-order valence-electron chi connectivity index (χ0n) is 14.3. The van der Waals surface area contributed by atoms with Crippen LogP contribution >= 0.6 is 23.5 Å². The number of rotatable bonds is 9. The Kier molecular flexibility index (Phi) is 8.26. The summed E-state index contributed by atoms with van der Waals surface area (Å²) in [6.45, 7) is 4.85. The van der Waals surface area contributed by atoms with Crippen LogP contribution in [0.15, 0.2) is 54.6 Å². The van der Waals surface area contributed by atoms with E-state index in [-0.39, 0.29) is 11.2 Å². The van der Waals surface area contributed by atoms with Gasteiger partial charge in [0.25, 0.3) is 0 Å². The van der Waals surface area contributed by atoms with Crippen LogP contribution in [0.2, 0.25) is 0 Å². The lowest BCUT2D eigenvalue weighted by Gasteiger charge is -2.12. The zero-order chi connectivity index (χ0) is 17.2. The molecule has 128 valence electrons. The molecular formula is C20H25NOS2. The van der Waals surface area contributed by atoms with Crippen molar-refractivity contribution >= 4 is 29.4 Å². The van der Waals surface area contributed by atoms with Gasteiger partial charge in [0, 0.05) is 23.8 Å². The number of nitrogens with one attached hydrogen (secondary N) is 1. The highest BCUT2D eigenvalue weighted by molar-refractivity contribution is 7.99. The Morgan fingerprint density at radius 2 is 1.75 bits per heavy atom. The first-order chi connectivity index (χ1) is 11.7. The maximum atomic E-state index is 12.1. The first-order valence-electron chi connectivity index (χ1n) is 8.22. The summed E-state index contributed by atoms with van der Waals surface area (Å²) in [7, 11) is 0. The minimum Gasteiger partial charge on any atom is -0.354 e. The van der Waals surface area contributed by atoms with Gasteiger partial charge in [-0.1, -0.05) is 54.6 Å². The van der Waals surface area contributed by atoms with E-state index in [1.54, 1.807) is 11.8 Å². The molecule has 0 radical (unpaired) electrons. The molecule has 1 amide bonds. The van der Waals surface area contributed by atoms with Gasteiger partial charge in [0.15, 0.2) is 0 Å². The van der Waals surface area contributed by atoms with Gasteiger partial charge in [0.1, 0.15) is 0 Å². The molecule has 0 bridgehead atoms. The molecule has 2 nitrogen and oxygen atoms in total. The maximum absolute atomic E-state index is 12.1. The molecule has 0 fully saturated rings. The molecular weight excluding hydrogens is 334 g/mol. The number of thioether (sulfide) groups is 2. The Bertz CT molecular complexity index is 631. The SMILES string of the molecule is Cc1ccccc1CSCCNC(=O)C(C)SCc1ccccc1. The summed E-state index contributed by atoms with van der Waals surface area (Å²) in [5.41, 5.74) is 3.97. The van der Waals surface area contributed by atoms with Crippen LogP contribution in [-0.2, 0) is 16.3 Å². The first kappa shape index (κ1) is 18.9. The molecule has 1 atom stereocenters. The summed E-state index contributed by atoms with van der Waals surface area (Å²) < 4.78 is 0. The maximum Gasteiger partial charge on any atom is 0.232 e. The van der Waals surface area contributed by atoms with Crippen LogP contribution in [0, 0.1) is 6.92 Å². The highest BCUT2D eigenvalue weighted by Crippen LogP contribution is 2.18. The molecule has 0 spiro atoms. The van der Waals surface area contributed by atoms with E-state index in [1.807, 2.05) is 36.9 Å². The first-order valence-corrected chi connectivity index (χ1v) is 10.4. The van der Waals surface area contributed by atoms with Crippen molar-refractivity contribution < 1.29 is 4.79 Å². The Balaban J connectivity index is 1.59. The molecule has 2 aromatic rings.